The lowest BCUT2D eigenvalue weighted by Gasteiger charge is -2.21. The van der Waals surface area contributed by atoms with Crippen LogP contribution < -0.4 is 5.73 Å². The van der Waals surface area contributed by atoms with Crippen LogP contribution in [0, 0.1) is 27.7 Å². The number of aryl methyl sites for hydroxylation is 3. The van der Waals surface area contributed by atoms with E-state index in [9.17, 15) is 9.90 Å². The number of hydrogen-bond donors (Lipinski definition) is 2. The van der Waals surface area contributed by atoms with Crippen LogP contribution >= 0.6 is 12.2 Å². The first-order chi connectivity index (χ1) is 12.3. The van der Waals surface area contributed by atoms with E-state index in [-0.39, 0.29) is 10.6 Å². The molecule has 0 saturated carbocycles. The molecule has 3 rings (SSSR count). The average Bonchev–Trinajstić information content (AvgIpc) is 2.59. The van der Waals surface area contributed by atoms with Gasteiger partial charge in [-0.05, 0) is 72.4 Å². The zero-order valence-electron chi connectivity index (χ0n) is 15.3. The molecule has 3 nitrogen and oxygen atoms in total. The number of carboxylic acids is 1. The van der Waals surface area contributed by atoms with E-state index in [1.54, 1.807) is 18.2 Å². The summed E-state index contributed by atoms with van der Waals surface area (Å²) in [6.45, 7) is 8.24. The van der Waals surface area contributed by atoms with Crippen molar-refractivity contribution >= 4 is 33.9 Å². The van der Waals surface area contributed by atoms with Gasteiger partial charge >= 0.3 is 5.97 Å². The van der Waals surface area contributed by atoms with Crippen LogP contribution in [0.2, 0.25) is 0 Å². The smallest absolute Gasteiger partial charge is 0.336 e. The number of rotatable bonds is 3. The molecule has 0 amide bonds. The van der Waals surface area contributed by atoms with Gasteiger partial charge in [-0.1, -0.05) is 42.5 Å². The largest absolute Gasteiger partial charge is 0.478 e. The quantitative estimate of drug-likeness (QED) is 0.638. The van der Waals surface area contributed by atoms with Crippen molar-refractivity contribution in [3.05, 3.63) is 69.8 Å². The fourth-order valence-corrected chi connectivity index (χ4v) is 4.02. The summed E-state index contributed by atoms with van der Waals surface area (Å²) in [6.07, 6.45) is 0. The number of carbonyl (C=O) groups is 1. The average molecular weight is 363 g/mol. The Hall–Kier alpha value is -2.72. The summed E-state index contributed by atoms with van der Waals surface area (Å²) in [5, 5.41) is 12.1. The van der Waals surface area contributed by atoms with Crippen molar-refractivity contribution in [1.82, 2.24) is 0 Å². The molecule has 0 unspecified atom stereocenters. The zero-order valence-corrected chi connectivity index (χ0v) is 16.1. The van der Waals surface area contributed by atoms with Crippen LogP contribution in [0.5, 0.6) is 0 Å². The summed E-state index contributed by atoms with van der Waals surface area (Å²) >= 11 is 5.22. The van der Waals surface area contributed by atoms with Crippen molar-refractivity contribution in [3.63, 3.8) is 0 Å². The summed E-state index contributed by atoms with van der Waals surface area (Å²) in [7, 11) is 0. The standard InChI is InChI=1S/C22H21NO2S/c1-11-7-5-8-15-14(4)19(13(3)12(2)18(11)15)20-16(21(23)26)9-6-10-17(20)22(24)25/h5-10H,1-4H3,(H2,23,26)(H,24,25). The Labute approximate surface area is 158 Å². The van der Waals surface area contributed by atoms with Gasteiger partial charge in [0.1, 0.15) is 4.99 Å². The molecule has 3 aromatic rings. The molecule has 0 heterocycles. The van der Waals surface area contributed by atoms with Crippen LogP contribution in [0.3, 0.4) is 0 Å². The Morgan fingerprint density at radius 3 is 2.12 bits per heavy atom. The maximum absolute atomic E-state index is 11.9. The van der Waals surface area contributed by atoms with Crippen molar-refractivity contribution in [3.8, 4) is 11.1 Å². The van der Waals surface area contributed by atoms with Gasteiger partial charge in [0.15, 0.2) is 0 Å². The molecule has 0 aliphatic rings. The van der Waals surface area contributed by atoms with E-state index >= 15 is 0 Å². The second-order valence-electron chi connectivity index (χ2n) is 6.65. The number of carboxylic acid groups (broad SMARTS) is 1. The molecular weight excluding hydrogens is 342 g/mol. The third kappa shape index (κ3) is 2.67. The summed E-state index contributed by atoms with van der Waals surface area (Å²) in [5.74, 6) is -0.987. The predicted molar refractivity (Wildman–Crippen MR) is 111 cm³/mol. The monoisotopic (exact) mass is 363 g/mol. The number of nitrogens with two attached hydrogens (primary N) is 1. The third-order valence-corrected chi connectivity index (χ3v) is 5.39. The number of benzene rings is 3. The molecule has 0 aliphatic carbocycles. The number of hydrogen-bond acceptors (Lipinski definition) is 2. The van der Waals surface area contributed by atoms with Crippen LogP contribution in [0.25, 0.3) is 21.9 Å². The lowest BCUT2D eigenvalue weighted by atomic mass is 9.83. The molecule has 4 heteroatoms. The normalized spacial score (nSPS) is 10.9. The molecule has 3 aromatic carbocycles. The lowest BCUT2D eigenvalue weighted by Crippen LogP contribution is -2.14. The highest BCUT2D eigenvalue weighted by molar-refractivity contribution is 7.80. The van der Waals surface area contributed by atoms with Gasteiger partial charge in [-0.3, -0.25) is 0 Å². The summed E-state index contributed by atoms with van der Waals surface area (Å²) < 4.78 is 0. The summed E-state index contributed by atoms with van der Waals surface area (Å²) in [5.41, 5.74) is 12.7. The fraction of sp³-hybridized carbons (Fsp3) is 0.182. The van der Waals surface area contributed by atoms with E-state index in [4.69, 9.17) is 18.0 Å². The minimum absolute atomic E-state index is 0.198. The van der Waals surface area contributed by atoms with Gasteiger partial charge in [0.25, 0.3) is 0 Å². The maximum Gasteiger partial charge on any atom is 0.336 e. The summed E-state index contributed by atoms with van der Waals surface area (Å²) in [4.78, 5) is 12.1. The van der Waals surface area contributed by atoms with Gasteiger partial charge in [-0.25, -0.2) is 4.79 Å². The van der Waals surface area contributed by atoms with E-state index in [2.05, 4.69) is 26.0 Å². The first-order valence-corrected chi connectivity index (χ1v) is 8.82. The van der Waals surface area contributed by atoms with Crippen molar-refractivity contribution in [2.24, 2.45) is 5.73 Å². The van der Waals surface area contributed by atoms with Gasteiger partial charge < -0.3 is 10.8 Å². The summed E-state index contributed by atoms with van der Waals surface area (Å²) in [6, 6.07) is 11.3. The molecule has 0 fully saturated rings. The van der Waals surface area contributed by atoms with Crippen molar-refractivity contribution < 1.29 is 9.90 Å². The first kappa shape index (κ1) is 18.1. The van der Waals surface area contributed by atoms with Gasteiger partial charge in [-0.2, -0.15) is 0 Å². The number of fused-ring (bicyclic) bond motifs is 1. The number of thiocarbonyl (C=S) groups is 1. The van der Waals surface area contributed by atoms with E-state index < -0.39 is 5.97 Å². The van der Waals surface area contributed by atoms with Crippen molar-refractivity contribution in [2.75, 3.05) is 0 Å². The minimum Gasteiger partial charge on any atom is -0.478 e. The molecule has 0 bridgehead atoms. The van der Waals surface area contributed by atoms with Crippen molar-refractivity contribution in [2.45, 2.75) is 27.7 Å². The highest BCUT2D eigenvalue weighted by Gasteiger charge is 2.23. The maximum atomic E-state index is 11.9. The fourth-order valence-electron chi connectivity index (χ4n) is 3.85. The van der Waals surface area contributed by atoms with Gasteiger partial charge in [-0.15, -0.1) is 0 Å². The first-order valence-electron chi connectivity index (χ1n) is 8.41. The molecule has 0 aliphatic heterocycles. The molecule has 0 saturated heterocycles. The molecule has 26 heavy (non-hydrogen) atoms. The molecule has 0 atom stereocenters. The van der Waals surface area contributed by atoms with E-state index in [1.807, 2.05) is 19.9 Å². The molecule has 0 aromatic heterocycles. The second kappa shape index (κ2) is 6.54. The topological polar surface area (TPSA) is 63.3 Å². The van der Waals surface area contributed by atoms with Crippen LogP contribution in [0.1, 0.15) is 38.2 Å². The van der Waals surface area contributed by atoms with Gasteiger partial charge in [0, 0.05) is 11.1 Å². The molecule has 0 radical (unpaired) electrons. The molecule has 3 N–H and O–H groups in total. The van der Waals surface area contributed by atoms with Crippen LogP contribution in [-0.4, -0.2) is 16.1 Å². The lowest BCUT2D eigenvalue weighted by molar-refractivity contribution is 0.0697. The van der Waals surface area contributed by atoms with Crippen LogP contribution in [-0.2, 0) is 0 Å². The van der Waals surface area contributed by atoms with E-state index in [0.717, 1.165) is 27.6 Å². The van der Waals surface area contributed by atoms with Crippen LogP contribution in [0.4, 0.5) is 0 Å². The van der Waals surface area contributed by atoms with E-state index in [0.29, 0.717) is 11.1 Å². The molecule has 132 valence electrons. The highest BCUT2D eigenvalue weighted by atomic mass is 32.1. The molecule has 0 spiro atoms. The van der Waals surface area contributed by atoms with Gasteiger partial charge in [0.05, 0.1) is 5.56 Å². The predicted octanol–water partition coefficient (Wildman–Crippen LogP) is 5.07. The Morgan fingerprint density at radius 1 is 0.885 bits per heavy atom. The van der Waals surface area contributed by atoms with Gasteiger partial charge in [0.2, 0.25) is 0 Å². The number of aromatic carboxylic acids is 1. The highest BCUT2D eigenvalue weighted by Crippen LogP contribution is 2.40. The Bertz CT molecular complexity index is 1050. The Morgan fingerprint density at radius 2 is 1.50 bits per heavy atom. The van der Waals surface area contributed by atoms with Crippen LogP contribution in [0.15, 0.2) is 36.4 Å². The van der Waals surface area contributed by atoms with Crippen molar-refractivity contribution in [1.29, 1.82) is 0 Å². The Balaban J connectivity index is 2.56. The third-order valence-electron chi connectivity index (χ3n) is 5.17. The second-order valence-corrected chi connectivity index (χ2v) is 7.08. The molecular formula is C22H21NO2S. The Kier molecular flexibility index (Phi) is 4.55. The van der Waals surface area contributed by atoms with E-state index in [1.165, 1.54) is 10.9 Å². The zero-order chi connectivity index (χ0) is 19.2. The minimum atomic E-state index is -0.987. The SMILES string of the molecule is Cc1c(-c2c(C(=O)O)cccc2C(N)=S)c(C)c2cccc(C)c2c1C.